The number of ether oxygens (including phenoxy) is 1. The number of primary amides is 1. The molecule has 0 aromatic carbocycles. The molecule has 2 N–H and O–H groups in total. The maximum absolute atomic E-state index is 15.1. The Bertz CT molecular complexity index is 856. The van der Waals surface area contributed by atoms with Crippen LogP contribution < -0.4 is 5.73 Å². The van der Waals surface area contributed by atoms with E-state index in [4.69, 9.17) is 10.5 Å². The zero-order valence-corrected chi connectivity index (χ0v) is 17.8. The molecule has 0 unspecified atom stereocenters. The molecular weight excluding hydrogens is 396 g/mol. The summed E-state index contributed by atoms with van der Waals surface area (Å²) in [7, 11) is 0. The molecule has 158 valence electrons. The van der Waals surface area contributed by atoms with E-state index in [-0.39, 0.29) is 10.7 Å². The maximum atomic E-state index is 15.1. The average molecular weight is 424 g/mol. The molecule has 0 spiro atoms. The molecule has 2 aromatic rings. The van der Waals surface area contributed by atoms with E-state index in [0.717, 1.165) is 27.5 Å². The molecule has 3 heterocycles. The third-order valence-electron chi connectivity index (χ3n) is 5.99. The van der Waals surface area contributed by atoms with Crippen molar-refractivity contribution in [2.45, 2.75) is 51.9 Å². The smallest absolute Gasteiger partial charge is 0.407 e. The molecule has 2 atom stereocenters. The van der Waals surface area contributed by atoms with Crippen LogP contribution >= 0.6 is 11.3 Å². The van der Waals surface area contributed by atoms with Crippen molar-refractivity contribution in [2.24, 2.45) is 11.1 Å². The number of hydrogen-bond donors (Lipinski definition) is 1. The molecule has 1 aliphatic heterocycles. The highest BCUT2D eigenvalue weighted by molar-refractivity contribution is 7.10. The van der Waals surface area contributed by atoms with Crippen molar-refractivity contribution in [3.8, 4) is 0 Å². The summed E-state index contributed by atoms with van der Waals surface area (Å²) < 4.78 is 33.2. The number of pyridine rings is 1. The minimum Gasteiger partial charge on any atom is -0.414 e. The zero-order chi connectivity index (χ0) is 21.2. The number of thiophene rings is 1. The number of likely N-dealkylation sites (tertiary alicyclic amines) is 1. The van der Waals surface area contributed by atoms with Gasteiger partial charge < -0.3 is 10.5 Å². The van der Waals surface area contributed by atoms with Crippen LogP contribution in [0.5, 0.6) is 0 Å². The van der Waals surface area contributed by atoms with Gasteiger partial charge in [-0.05, 0) is 70.3 Å². The van der Waals surface area contributed by atoms with Gasteiger partial charge in [-0.3, -0.25) is 9.88 Å². The second kappa shape index (κ2) is 8.36. The van der Waals surface area contributed by atoms with Crippen LogP contribution in [0.25, 0.3) is 0 Å². The Morgan fingerprint density at radius 3 is 2.76 bits per heavy atom. The third-order valence-corrected chi connectivity index (χ3v) is 6.93. The number of amides is 1. The quantitative estimate of drug-likeness (QED) is 0.710. The van der Waals surface area contributed by atoms with Crippen LogP contribution in [0.4, 0.5) is 13.6 Å². The van der Waals surface area contributed by atoms with Crippen molar-refractivity contribution in [1.29, 1.82) is 0 Å². The van der Waals surface area contributed by atoms with E-state index in [1.54, 1.807) is 6.07 Å². The summed E-state index contributed by atoms with van der Waals surface area (Å²) in [4.78, 5) is 18.6. The largest absolute Gasteiger partial charge is 0.414 e. The summed E-state index contributed by atoms with van der Waals surface area (Å²) in [5.74, 6) is 0. The number of nitrogens with zero attached hydrogens (tertiary/aromatic N) is 2. The topological polar surface area (TPSA) is 68.5 Å². The standard InChI is InChI=1S/C21H27F2N3O2S/c1-14-4-5-15(12-25-14)20(2,3)26-11-10-21(13-26,18(23)28-19(24)27)9-8-16-6-7-17(22)29-16/h4-7,12,18H,8-11,13H2,1-3H3,(H2,24,27)/t18-,21-/m1/s1. The lowest BCUT2D eigenvalue weighted by molar-refractivity contribution is -0.0812. The Morgan fingerprint density at radius 2 is 2.17 bits per heavy atom. The van der Waals surface area contributed by atoms with Crippen molar-refractivity contribution in [1.82, 2.24) is 9.88 Å². The normalized spacial score (nSPS) is 21.3. The number of aromatic nitrogens is 1. The molecule has 29 heavy (non-hydrogen) atoms. The highest BCUT2D eigenvalue weighted by Gasteiger charge is 2.50. The van der Waals surface area contributed by atoms with Crippen LogP contribution in [0, 0.1) is 17.5 Å². The Morgan fingerprint density at radius 1 is 1.41 bits per heavy atom. The van der Waals surface area contributed by atoms with Gasteiger partial charge in [0, 0.05) is 28.9 Å². The second-order valence-electron chi connectivity index (χ2n) is 8.24. The van der Waals surface area contributed by atoms with Crippen molar-refractivity contribution in [3.63, 3.8) is 0 Å². The van der Waals surface area contributed by atoms with Crippen LogP contribution in [0.1, 0.15) is 42.8 Å². The van der Waals surface area contributed by atoms with E-state index in [1.165, 1.54) is 6.07 Å². The van der Waals surface area contributed by atoms with Gasteiger partial charge in [-0.15, -0.1) is 11.3 Å². The molecule has 0 aliphatic carbocycles. The van der Waals surface area contributed by atoms with Crippen LogP contribution in [0.3, 0.4) is 0 Å². The monoisotopic (exact) mass is 423 g/mol. The Labute approximate surface area is 173 Å². The van der Waals surface area contributed by atoms with Gasteiger partial charge in [0.2, 0.25) is 6.36 Å². The van der Waals surface area contributed by atoms with Crippen molar-refractivity contribution in [3.05, 3.63) is 51.7 Å². The average Bonchev–Trinajstić information content (AvgIpc) is 3.27. The van der Waals surface area contributed by atoms with Gasteiger partial charge in [0.15, 0.2) is 5.13 Å². The zero-order valence-electron chi connectivity index (χ0n) is 17.0. The molecule has 1 fully saturated rings. The second-order valence-corrected chi connectivity index (χ2v) is 9.36. The number of carbonyl (C=O) groups excluding carboxylic acids is 1. The van der Waals surface area contributed by atoms with Crippen molar-refractivity contribution >= 4 is 17.4 Å². The van der Waals surface area contributed by atoms with Crippen molar-refractivity contribution < 1.29 is 18.3 Å². The summed E-state index contributed by atoms with van der Waals surface area (Å²) in [6, 6.07) is 7.11. The lowest BCUT2D eigenvalue weighted by Gasteiger charge is -2.38. The number of hydrogen-bond acceptors (Lipinski definition) is 5. The highest BCUT2D eigenvalue weighted by Crippen LogP contribution is 2.45. The first-order valence-corrected chi connectivity index (χ1v) is 10.5. The van der Waals surface area contributed by atoms with Gasteiger partial charge in [-0.25, -0.2) is 9.18 Å². The highest BCUT2D eigenvalue weighted by atomic mass is 32.1. The Hall–Kier alpha value is -2.06. The minimum absolute atomic E-state index is 0.264. The minimum atomic E-state index is -1.82. The van der Waals surface area contributed by atoms with Gasteiger partial charge in [-0.1, -0.05) is 6.07 Å². The van der Waals surface area contributed by atoms with E-state index >= 15 is 4.39 Å². The first-order chi connectivity index (χ1) is 13.6. The Kier molecular flexibility index (Phi) is 6.24. The molecule has 1 amide bonds. The molecule has 0 radical (unpaired) electrons. The lowest BCUT2D eigenvalue weighted by Crippen LogP contribution is -2.45. The predicted octanol–water partition coefficient (Wildman–Crippen LogP) is 4.54. The van der Waals surface area contributed by atoms with Gasteiger partial charge >= 0.3 is 6.09 Å². The molecular formula is C21H27F2N3O2S. The number of halogens is 2. The molecule has 2 aromatic heterocycles. The number of alkyl halides is 1. The van der Waals surface area contributed by atoms with Gasteiger partial charge in [0.25, 0.3) is 0 Å². The number of aryl methyl sites for hydroxylation is 2. The number of carbonyl (C=O) groups is 1. The van der Waals surface area contributed by atoms with Gasteiger partial charge in [0.1, 0.15) is 0 Å². The van der Waals surface area contributed by atoms with Crippen LogP contribution in [0.2, 0.25) is 0 Å². The number of nitrogens with two attached hydrogens (primary N) is 1. The molecule has 5 nitrogen and oxygen atoms in total. The Balaban J connectivity index is 1.81. The summed E-state index contributed by atoms with van der Waals surface area (Å²) in [6.45, 7) is 7.12. The van der Waals surface area contributed by atoms with E-state index < -0.39 is 17.9 Å². The van der Waals surface area contributed by atoms with Gasteiger partial charge in [-0.2, -0.15) is 4.39 Å². The molecule has 0 saturated carbocycles. The molecule has 0 bridgehead atoms. The molecule has 1 saturated heterocycles. The van der Waals surface area contributed by atoms with Crippen LogP contribution in [0.15, 0.2) is 30.5 Å². The SMILES string of the molecule is Cc1ccc(C(C)(C)N2CC[C@@](CCc3ccc(F)s3)([C@H](F)OC(N)=O)C2)cn1. The van der Waals surface area contributed by atoms with Crippen molar-refractivity contribution in [2.75, 3.05) is 13.1 Å². The van der Waals surface area contributed by atoms with Gasteiger partial charge in [0.05, 0.1) is 5.41 Å². The third kappa shape index (κ3) is 4.75. The van der Waals surface area contributed by atoms with E-state index in [0.29, 0.717) is 32.4 Å². The fourth-order valence-electron chi connectivity index (χ4n) is 3.97. The fraction of sp³-hybridized carbons (Fsp3) is 0.524. The molecule has 1 aliphatic rings. The van der Waals surface area contributed by atoms with E-state index in [2.05, 4.69) is 23.7 Å². The summed E-state index contributed by atoms with van der Waals surface area (Å²) in [6.07, 6.45) is 0.355. The molecule has 3 rings (SSSR count). The summed E-state index contributed by atoms with van der Waals surface area (Å²) in [5, 5.41) is -0.264. The summed E-state index contributed by atoms with van der Waals surface area (Å²) in [5.41, 5.74) is 5.78. The fourth-order valence-corrected chi connectivity index (χ4v) is 4.70. The maximum Gasteiger partial charge on any atom is 0.407 e. The van der Waals surface area contributed by atoms with E-state index in [9.17, 15) is 9.18 Å². The van der Waals surface area contributed by atoms with Crippen LogP contribution in [-0.2, 0) is 16.7 Å². The summed E-state index contributed by atoms with van der Waals surface area (Å²) >= 11 is 1.06. The predicted molar refractivity (Wildman–Crippen MR) is 109 cm³/mol. The molecule has 8 heteroatoms. The number of rotatable bonds is 7. The first-order valence-electron chi connectivity index (χ1n) is 9.65. The van der Waals surface area contributed by atoms with Crippen LogP contribution in [-0.4, -0.2) is 35.4 Å². The van der Waals surface area contributed by atoms with E-state index in [1.807, 2.05) is 25.3 Å². The first kappa shape index (κ1) is 21.6. The lowest BCUT2D eigenvalue weighted by atomic mass is 9.81.